The lowest BCUT2D eigenvalue weighted by Crippen LogP contribution is -2.54. The first-order valence-corrected chi connectivity index (χ1v) is 10.4. The highest BCUT2D eigenvalue weighted by atomic mass is 16.6. The molecule has 0 aliphatic carbocycles. The summed E-state index contributed by atoms with van der Waals surface area (Å²) in [6, 6.07) is -1.04. The Morgan fingerprint density at radius 3 is 2.21 bits per heavy atom. The monoisotopic (exact) mass is 407 g/mol. The molecule has 0 aliphatic heterocycles. The zero-order chi connectivity index (χ0) is 21.2. The fourth-order valence-corrected chi connectivity index (χ4v) is 2.75. The van der Waals surface area contributed by atoms with Gasteiger partial charge in [-0.1, -0.05) is 38.7 Å². The van der Waals surface area contributed by atoms with E-state index in [1.165, 1.54) is 0 Å². The largest absolute Gasteiger partial charge is 0.394 e. The Bertz CT molecular complexity index is 359. The standard InChI is InChI=1S/C20H41NO7/c1-3-5-6-7-8-9-10-12-18(25)27-13-14-28-20(26)19(16(23)15-22)21-17(24)11-4-2/h3,16-26H,1,4-15H2,2H3/t16-,17?,18?,19+,20?/m0/s1. The van der Waals surface area contributed by atoms with E-state index in [0.717, 1.165) is 38.5 Å². The quantitative estimate of drug-likeness (QED) is 0.100. The molecule has 0 aromatic carbocycles. The van der Waals surface area contributed by atoms with Gasteiger partial charge in [0.25, 0.3) is 0 Å². The maximum absolute atomic E-state index is 10.1. The van der Waals surface area contributed by atoms with E-state index in [1.807, 2.05) is 13.0 Å². The second-order valence-electron chi connectivity index (χ2n) is 6.97. The van der Waals surface area contributed by atoms with Crippen LogP contribution in [0, 0.1) is 0 Å². The highest BCUT2D eigenvalue weighted by molar-refractivity contribution is 4.79. The second-order valence-corrected chi connectivity index (χ2v) is 6.97. The third kappa shape index (κ3) is 14.4. The molecule has 0 spiro atoms. The molecule has 28 heavy (non-hydrogen) atoms. The summed E-state index contributed by atoms with van der Waals surface area (Å²) in [5.74, 6) is 0. The molecule has 0 amide bonds. The minimum Gasteiger partial charge on any atom is -0.394 e. The number of hydrogen-bond donors (Lipinski definition) is 6. The molecule has 0 saturated heterocycles. The molecule has 0 fully saturated rings. The topological polar surface area (TPSA) is 132 Å². The van der Waals surface area contributed by atoms with E-state index in [0.29, 0.717) is 19.3 Å². The van der Waals surface area contributed by atoms with Crippen molar-refractivity contribution in [3.63, 3.8) is 0 Å². The van der Waals surface area contributed by atoms with Crippen molar-refractivity contribution in [3.8, 4) is 0 Å². The number of nitrogens with one attached hydrogen (secondary N) is 1. The summed E-state index contributed by atoms with van der Waals surface area (Å²) < 4.78 is 10.5. The molecule has 0 saturated carbocycles. The Labute approximate surface area is 169 Å². The fourth-order valence-electron chi connectivity index (χ4n) is 2.75. The van der Waals surface area contributed by atoms with Crippen molar-refractivity contribution in [1.82, 2.24) is 5.32 Å². The van der Waals surface area contributed by atoms with Crippen LogP contribution in [0.1, 0.15) is 64.7 Å². The lowest BCUT2D eigenvalue weighted by Gasteiger charge is -2.29. The van der Waals surface area contributed by atoms with Gasteiger partial charge >= 0.3 is 0 Å². The van der Waals surface area contributed by atoms with Gasteiger partial charge in [0.15, 0.2) is 12.6 Å². The van der Waals surface area contributed by atoms with Crippen molar-refractivity contribution in [3.05, 3.63) is 12.7 Å². The first-order valence-electron chi connectivity index (χ1n) is 10.4. The molecule has 8 heteroatoms. The first kappa shape index (κ1) is 27.4. The van der Waals surface area contributed by atoms with Gasteiger partial charge in [-0.2, -0.15) is 0 Å². The van der Waals surface area contributed by atoms with E-state index >= 15 is 0 Å². The van der Waals surface area contributed by atoms with Crippen LogP contribution in [0.4, 0.5) is 0 Å². The maximum atomic E-state index is 10.1. The molecule has 0 aromatic heterocycles. The number of ether oxygens (including phenoxy) is 2. The average molecular weight is 408 g/mol. The predicted octanol–water partition coefficient (Wildman–Crippen LogP) is 1.00. The maximum Gasteiger partial charge on any atom is 0.172 e. The summed E-state index contributed by atoms with van der Waals surface area (Å²) in [5.41, 5.74) is 0. The van der Waals surface area contributed by atoms with E-state index < -0.39 is 37.6 Å². The summed E-state index contributed by atoms with van der Waals surface area (Å²) in [4.78, 5) is 0. The molecule has 6 N–H and O–H groups in total. The first-order chi connectivity index (χ1) is 13.5. The summed E-state index contributed by atoms with van der Waals surface area (Å²) in [6.45, 7) is 5.08. The van der Waals surface area contributed by atoms with Crippen molar-refractivity contribution in [2.75, 3.05) is 19.8 Å². The van der Waals surface area contributed by atoms with Crippen LogP contribution in [0.2, 0.25) is 0 Å². The third-order valence-corrected chi connectivity index (χ3v) is 4.40. The molecular weight excluding hydrogens is 366 g/mol. The van der Waals surface area contributed by atoms with Crippen LogP contribution in [0.25, 0.3) is 0 Å². The van der Waals surface area contributed by atoms with E-state index in [1.54, 1.807) is 0 Å². The molecule has 168 valence electrons. The Balaban J connectivity index is 3.93. The van der Waals surface area contributed by atoms with Gasteiger partial charge in [0.05, 0.1) is 32.0 Å². The number of unbranched alkanes of at least 4 members (excludes halogenated alkanes) is 5. The van der Waals surface area contributed by atoms with E-state index in [4.69, 9.17) is 14.6 Å². The van der Waals surface area contributed by atoms with Gasteiger partial charge in [-0.15, -0.1) is 6.58 Å². The second kappa shape index (κ2) is 18.4. The van der Waals surface area contributed by atoms with Gasteiger partial charge in [0.2, 0.25) is 0 Å². The van der Waals surface area contributed by atoms with E-state index in [-0.39, 0.29) is 13.2 Å². The van der Waals surface area contributed by atoms with Gasteiger partial charge < -0.3 is 35.0 Å². The molecule has 0 heterocycles. The van der Waals surface area contributed by atoms with Crippen LogP contribution in [0.15, 0.2) is 12.7 Å². The smallest absolute Gasteiger partial charge is 0.172 e. The summed E-state index contributed by atoms with van der Waals surface area (Å²) in [7, 11) is 0. The Kier molecular flexibility index (Phi) is 18.1. The molecule has 0 rings (SSSR count). The lowest BCUT2D eigenvalue weighted by molar-refractivity contribution is -0.175. The van der Waals surface area contributed by atoms with Gasteiger partial charge in [0, 0.05) is 0 Å². The highest BCUT2D eigenvalue weighted by Crippen LogP contribution is 2.10. The molecule has 0 radical (unpaired) electrons. The summed E-state index contributed by atoms with van der Waals surface area (Å²) >= 11 is 0. The van der Waals surface area contributed by atoms with Crippen molar-refractivity contribution >= 4 is 0 Å². The summed E-state index contributed by atoms with van der Waals surface area (Å²) in [5, 5.41) is 51.2. The van der Waals surface area contributed by atoms with Crippen LogP contribution in [0.5, 0.6) is 0 Å². The van der Waals surface area contributed by atoms with Crippen LogP contribution < -0.4 is 5.32 Å². The molecule has 0 aromatic rings. The zero-order valence-corrected chi connectivity index (χ0v) is 17.2. The molecule has 0 bridgehead atoms. The van der Waals surface area contributed by atoms with Crippen molar-refractivity contribution in [2.45, 2.75) is 95.7 Å². The molecule has 0 aliphatic rings. The van der Waals surface area contributed by atoms with Crippen LogP contribution in [0.3, 0.4) is 0 Å². The Morgan fingerprint density at radius 2 is 1.57 bits per heavy atom. The Morgan fingerprint density at radius 1 is 0.929 bits per heavy atom. The molecule has 8 nitrogen and oxygen atoms in total. The Hall–Kier alpha value is -0.580. The fraction of sp³-hybridized carbons (Fsp3) is 0.900. The highest BCUT2D eigenvalue weighted by Gasteiger charge is 2.28. The van der Waals surface area contributed by atoms with Crippen molar-refractivity contribution < 1.29 is 35.0 Å². The predicted molar refractivity (Wildman–Crippen MR) is 107 cm³/mol. The number of aliphatic hydroxyl groups is 5. The molecule has 3 unspecified atom stereocenters. The van der Waals surface area contributed by atoms with Crippen LogP contribution in [-0.4, -0.2) is 76.3 Å². The van der Waals surface area contributed by atoms with Crippen LogP contribution in [-0.2, 0) is 9.47 Å². The average Bonchev–Trinajstić information content (AvgIpc) is 2.68. The summed E-state index contributed by atoms with van der Waals surface area (Å²) in [6.07, 6.45) is 5.48. The minimum absolute atomic E-state index is 0.0000183. The van der Waals surface area contributed by atoms with Crippen molar-refractivity contribution in [2.24, 2.45) is 0 Å². The van der Waals surface area contributed by atoms with Gasteiger partial charge in [-0.3, -0.25) is 5.32 Å². The van der Waals surface area contributed by atoms with Gasteiger partial charge in [-0.25, -0.2) is 0 Å². The number of allylic oxidation sites excluding steroid dienone is 1. The third-order valence-electron chi connectivity index (χ3n) is 4.40. The normalized spacial score (nSPS) is 17.1. The number of rotatable bonds is 20. The lowest BCUT2D eigenvalue weighted by atomic mass is 10.1. The van der Waals surface area contributed by atoms with Gasteiger partial charge in [0.1, 0.15) is 6.23 Å². The van der Waals surface area contributed by atoms with Crippen LogP contribution >= 0.6 is 0 Å². The van der Waals surface area contributed by atoms with E-state index in [9.17, 15) is 20.4 Å². The zero-order valence-electron chi connectivity index (χ0n) is 17.2. The van der Waals surface area contributed by atoms with Gasteiger partial charge in [-0.05, 0) is 32.1 Å². The number of aliphatic hydroxyl groups excluding tert-OH is 5. The molecule has 5 atom stereocenters. The van der Waals surface area contributed by atoms with Crippen molar-refractivity contribution in [1.29, 1.82) is 0 Å². The van der Waals surface area contributed by atoms with E-state index in [2.05, 4.69) is 11.9 Å². The molecular formula is C20H41NO7. The minimum atomic E-state index is -1.44. The number of hydrogen-bond acceptors (Lipinski definition) is 8. The SMILES string of the molecule is C=CCCCCCCCC(O)OCCOC(O)[C@H](NC(O)CCC)[C@@H](O)CO.